The zero-order valence-corrected chi connectivity index (χ0v) is 19.0. The van der Waals surface area contributed by atoms with Gasteiger partial charge in [0.25, 0.3) is 5.91 Å². The van der Waals surface area contributed by atoms with Crippen LogP contribution in [-0.2, 0) is 11.4 Å². The van der Waals surface area contributed by atoms with Crippen molar-refractivity contribution in [3.63, 3.8) is 0 Å². The Hall–Kier alpha value is -3.58. The van der Waals surface area contributed by atoms with E-state index in [9.17, 15) is 4.79 Å². The fraction of sp³-hybridized carbons (Fsp3) is 0.120. The highest BCUT2D eigenvalue weighted by Gasteiger charge is 2.14. The molecule has 0 spiro atoms. The summed E-state index contributed by atoms with van der Waals surface area (Å²) in [7, 11) is 0. The van der Waals surface area contributed by atoms with Gasteiger partial charge in [-0.2, -0.15) is 5.10 Å². The van der Waals surface area contributed by atoms with Gasteiger partial charge in [0.1, 0.15) is 18.1 Å². The third-order valence-electron chi connectivity index (χ3n) is 4.81. The lowest BCUT2D eigenvalue weighted by molar-refractivity contribution is -0.127. The Bertz CT molecular complexity index is 1220. The van der Waals surface area contributed by atoms with Crippen molar-refractivity contribution in [1.82, 2.24) is 10.4 Å². The van der Waals surface area contributed by atoms with Crippen LogP contribution in [0.3, 0.4) is 0 Å². The summed E-state index contributed by atoms with van der Waals surface area (Å²) >= 11 is 3.46. The first-order valence-electron chi connectivity index (χ1n) is 10.1. The van der Waals surface area contributed by atoms with Crippen molar-refractivity contribution in [3.8, 4) is 11.5 Å². The Kier molecular flexibility index (Phi) is 6.87. The van der Waals surface area contributed by atoms with Crippen LogP contribution in [0.5, 0.6) is 11.5 Å². The molecule has 1 atom stereocenters. The van der Waals surface area contributed by atoms with E-state index in [1.807, 2.05) is 66.9 Å². The molecule has 0 unspecified atom stereocenters. The third kappa shape index (κ3) is 5.56. The summed E-state index contributed by atoms with van der Waals surface area (Å²) in [5.41, 5.74) is 5.49. The minimum atomic E-state index is -0.708. The smallest absolute Gasteiger partial charge is 0.280 e. The molecule has 0 aliphatic carbocycles. The van der Waals surface area contributed by atoms with Gasteiger partial charge in [0.05, 0.1) is 6.21 Å². The molecule has 0 saturated carbocycles. The number of amides is 1. The fourth-order valence-corrected chi connectivity index (χ4v) is 3.45. The predicted molar refractivity (Wildman–Crippen MR) is 129 cm³/mol. The summed E-state index contributed by atoms with van der Waals surface area (Å²) in [6, 6.07) is 23.1. The second-order valence-electron chi connectivity index (χ2n) is 7.17. The monoisotopic (exact) mass is 491 g/mol. The van der Waals surface area contributed by atoms with Crippen molar-refractivity contribution in [3.05, 3.63) is 94.6 Å². The summed E-state index contributed by atoms with van der Waals surface area (Å²) in [4.78, 5) is 15.5. The van der Waals surface area contributed by atoms with Crippen molar-refractivity contribution in [1.29, 1.82) is 0 Å². The zero-order valence-electron chi connectivity index (χ0n) is 17.4. The number of nitrogens with zero attached hydrogens (tertiary/aromatic N) is 1. The molecule has 0 saturated heterocycles. The molecule has 162 valence electrons. The molecule has 3 aromatic carbocycles. The number of benzene rings is 3. The highest BCUT2D eigenvalue weighted by molar-refractivity contribution is 9.10. The van der Waals surface area contributed by atoms with Crippen molar-refractivity contribution >= 4 is 39.0 Å². The second-order valence-corrected chi connectivity index (χ2v) is 8.09. The molecule has 0 aliphatic rings. The number of ether oxygens (including phenoxy) is 2. The standard InChI is InChI=1S/C25H22BrN3O3/c1-17(25(30)29-28-15-19-14-27-24-12-7-20(26)13-23(19)24)32-22-10-8-21(9-11-22)31-16-18-5-3-2-4-6-18/h2-15,17,27H,16H2,1H3,(H,29,30)/t17-/m0/s1. The molecule has 32 heavy (non-hydrogen) atoms. The number of rotatable bonds is 8. The first-order valence-corrected chi connectivity index (χ1v) is 10.9. The van der Waals surface area contributed by atoms with Crippen LogP contribution in [-0.4, -0.2) is 23.2 Å². The van der Waals surface area contributed by atoms with E-state index in [4.69, 9.17) is 9.47 Å². The molecule has 1 aromatic heterocycles. The minimum Gasteiger partial charge on any atom is -0.489 e. The van der Waals surface area contributed by atoms with Crippen LogP contribution in [0.15, 0.2) is 88.6 Å². The van der Waals surface area contributed by atoms with Gasteiger partial charge in [-0.05, 0) is 55.0 Å². The van der Waals surface area contributed by atoms with Crippen LogP contribution < -0.4 is 14.9 Å². The van der Waals surface area contributed by atoms with E-state index < -0.39 is 6.10 Å². The van der Waals surface area contributed by atoms with E-state index in [0.29, 0.717) is 12.4 Å². The van der Waals surface area contributed by atoms with Crippen molar-refractivity contribution < 1.29 is 14.3 Å². The molecular weight excluding hydrogens is 470 g/mol. The molecular formula is C25H22BrN3O3. The molecule has 6 nitrogen and oxygen atoms in total. The van der Waals surface area contributed by atoms with Gasteiger partial charge >= 0.3 is 0 Å². The molecule has 4 rings (SSSR count). The van der Waals surface area contributed by atoms with Crippen molar-refractivity contribution in [2.75, 3.05) is 0 Å². The molecule has 0 aliphatic heterocycles. The molecule has 0 bridgehead atoms. The highest BCUT2D eigenvalue weighted by atomic mass is 79.9. The molecule has 0 fully saturated rings. The Balaban J connectivity index is 1.28. The van der Waals surface area contributed by atoms with Gasteiger partial charge in [0.2, 0.25) is 0 Å². The number of fused-ring (bicyclic) bond motifs is 1. The number of halogens is 1. The number of carbonyl (C=O) groups is 1. The number of hydrogen-bond donors (Lipinski definition) is 2. The zero-order chi connectivity index (χ0) is 22.3. The number of hydrazone groups is 1. The van der Waals surface area contributed by atoms with E-state index in [0.717, 1.165) is 32.3 Å². The maximum absolute atomic E-state index is 12.3. The Morgan fingerprint density at radius 2 is 1.84 bits per heavy atom. The quantitative estimate of drug-likeness (QED) is 0.255. The van der Waals surface area contributed by atoms with Gasteiger partial charge in [-0.1, -0.05) is 46.3 Å². The van der Waals surface area contributed by atoms with Crippen LogP contribution in [0.25, 0.3) is 10.9 Å². The summed E-state index contributed by atoms with van der Waals surface area (Å²) in [5, 5.41) is 5.07. The summed E-state index contributed by atoms with van der Waals surface area (Å²) in [6.45, 7) is 2.17. The maximum Gasteiger partial charge on any atom is 0.280 e. The van der Waals surface area contributed by atoms with E-state index in [-0.39, 0.29) is 5.91 Å². The number of H-pyrrole nitrogens is 1. The van der Waals surface area contributed by atoms with Gasteiger partial charge in [0.15, 0.2) is 6.10 Å². The van der Waals surface area contributed by atoms with Crippen LogP contribution in [0.4, 0.5) is 0 Å². The Labute approximate surface area is 194 Å². The van der Waals surface area contributed by atoms with Gasteiger partial charge in [0, 0.05) is 27.1 Å². The SMILES string of the molecule is C[C@H](Oc1ccc(OCc2ccccc2)cc1)C(=O)NN=Cc1c[nH]c2ccc(Br)cc12. The number of hydrogen-bond acceptors (Lipinski definition) is 4. The normalized spacial score (nSPS) is 12.1. The Morgan fingerprint density at radius 3 is 2.62 bits per heavy atom. The van der Waals surface area contributed by atoms with E-state index in [2.05, 4.69) is 31.4 Å². The van der Waals surface area contributed by atoms with E-state index >= 15 is 0 Å². The van der Waals surface area contributed by atoms with Gasteiger partial charge in [-0.25, -0.2) is 5.43 Å². The average Bonchev–Trinajstić information content (AvgIpc) is 3.21. The predicted octanol–water partition coefficient (Wildman–Crippen LogP) is 5.43. The first kappa shape index (κ1) is 21.6. The largest absolute Gasteiger partial charge is 0.489 e. The lowest BCUT2D eigenvalue weighted by atomic mass is 10.2. The summed E-state index contributed by atoms with van der Waals surface area (Å²) in [5.74, 6) is 0.963. The molecule has 2 N–H and O–H groups in total. The van der Waals surface area contributed by atoms with Crippen LogP contribution in [0.1, 0.15) is 18.1 Å². The number of aromatic amines is 1. The summed E-state index contributed by atoms with van der Waals surface area (Å²) in [6.07, 6.45) is 2.74. The number of nitrogens with one attached hydrogen (secondary N) is 2. The fourth-order valence-electron chi connectivity index (χ4n) is 3.09. The van der Waals surface area contributed by atoms with Crippen molar-refractivity contribution in [2.24, 2.45) is 5.10 Å². The molecule has 7 heteroatoms. The summed E-state index contributed by atoms with van der Waals surface area (Å²) < 4.78 is 12.5. The van der Waals surface area contributed by atoms with E-state index in [1.165, 1.54) is 0 Å². The third-order valence-corrected chi connectivity index (χ3v) is 5.30. The van der Waals surface area contributed by atoms with Gasteiger partial charge < -0.3 is 14.5 Å². The Morgan fingerprint density at radius 1 is 1.09 bits per heavy atom. The van der Waals surface area contributed by atoms with Gasteiger partial charge in [-0.3, -0.25) is 4.79 Å². The maximum atomic E-state index is 12.3. The average molecular weight is 492 g/mol. The second kappa shape index (κ2) is 10.2. The lowest BCUT2D eigenvalue weighted by Crippen LogP contribution is -2.33. The van der Waals surface area contributed by atoms with Crippen LogP contribution in [0, 0.1) is 0 Å². The molecule has 4 aromatic rings. The highest BCUT2D eigenvalue weighted by Crippen LogP contribution is 2.22. The first-order chi connectivity index (χ1) is 15.6. The van der Waals surface area contributed by atoms with Crippen molar-refractivity contribution in [2.45, 2.75) is 19.6 Å². The van der Waals surface area contributed by atoms with Gasteiger partial charge in [-0.15, -0.1) is 0 Å². The minimum absolute atomic E-state index is 0.341. The lowest BCUT2D eigenvalue weighted by Gasteiger charge is -2.13. The van der Waals surface area contributed by atoms with Crippen LogP contribution >= 0.6 is 15.9 Å². The number of carbonyl (C=O) groups excluding carboxylic acids is 1. The van der Waals surface area contributed by atoms with E-state index in [1.54, 1.807) is 25.3 Å². The molecule has 1 amide bonds. The molecule has 1 heterocycles. The number of aromatic nitrogens is 1. The molecule has 0 radical (unpaired) electrons. The topological polar surface area (TPSA) is 75.7 Å². The van der Waals surface area contributed by atoms with Crippen LogP contribution in [0.2, 0.25) is 0 Å².